The highest BCUT2D eigenvalue weighted by atomic mass is 19.1. The van der Waals surface area contributed by atoms with E-state index in [4.69, 9.17) is 9.47 Å². The van der Waals surface area contributed by atoms with Gasteiger partial charge in [-0.1, -0.05) is 13.8 Å². The van der Waals surface area contributed by atoms with Gasteiger partial charge >= 0.3 is 0 Å². The summed E-state index contributed by atoms with van der Waals surface area (Å²) in [6.45, 7) is 6.72. The van der Waals surface area contributed by atoms with Gasteiger partial charge in [0.25, 0.3) is 0 Å². The molecule has 142 valence electrons. The Labute approximate surface area is 154 Å². The molecule has 3 aliphatic rings. The number of fused-ring (bicyclic) bond motifs is 1. The lowest BCUT2D eigenvalue weighted by atomic mass is 9.59. The van der Waals surface area contributed by atoms with Crippen molar-refractivity contribution in [3.8, 4) is 5.75 Å². The van der Waals surface area contributed by atoms with Crippen molar-refractivity contribution < 1.29 is 18.7 Å². The van der Waals surface area contributed by atoms with Gasteiger partial charge in [-0.3, -0.25) is 4.79 Å². The molecule has 3 fully saturated rings. The number of nitrogens with one attached hydrogen (secondary N) is 1. The maximum absolute atomic E-state index is 14.7. The van der Waals surface area contributed by atoms with Crippen LogP contribution in [0.2, 0.25) is 0 Å². The molecule has 1 aliphatic heterocycles. The first-order valence-electron chi connectivity index (χ1n) is 9.52. The smallest absolute Gasteiger partial charge is 0.217 e. The summed E-state index contributed by atoms with van der Waals surface area (Å²) in [5.74, 6) is 1.01. The molecule has 0 radical (unpaired) electrons. The molecule has 1 aromatic rings. The Balaban J connectivity index is 1.71. The van der Waals surface area contributed by atoms with Crippen LogP contribution in [0.5, 0.6) is 5.75 Å². The fourth-order valence-corrected chi connectivity index (χ4v) is 6.16. The molecule has 5 heteroatoms. The molecule has 2 saturated carbocycles. The van der Waals surface area contributed by atoms with E-state index in [9.17, 15) is 9.18 Å². The van der Waals surface area contributed by atoms with Crippen molar-refractivity contribution in [3.63, 3.8) is 0 Å². The number of halogens is 1. The summed E-state index contributed by atoms with van der Waals surface area (Å²) in [5, 5.41) is 3.25. The zero-order valence-corrected chi connectivity index (χ0v) is 16.0. The highest BCUT2D eigenvalue weighted by Gasteiger charge is 2.68. The molecule has 1 N–H and O–H groups in total. The molecule has 1 saturated heterocycles. The van der Waals surface area contributed by atoms with Crippen LogP contribution >= 0.6 is 0 Å². The van der Waals surface area contributed by atoms with Crippen LogP contribution in [-0.2, 0) is 9.53 Å². The van der Waals surface area contributed by atoms with Crippen LogP contribution < -0.4 is 10.1 Å². The third kappa shape index (κ3) is 2.39. The van der Waals surface area contributed by atoms with Gasteiger partial charge in [0.2, 0.25) is 5.91 Å². The highest BCUT2D eigenvalue weighted by Crippen LogP contribution is 2.70. The Kier molecular flexibility index (Phi) is 4.07. The maximum atomic E-state index is 14.7. The van der Waals surface area contributed by atoms with E-state index in [2.05, 4.69) is 19.2 Å². The second-order valence-electron chi connectivity index (χ2n) is 8.86. The van der Waals surface area contributed by atoms with Gasteiger partial charge in [-0.2, -0.15) is 0 Å². The second kappa shape index (κ2) is 5.95. The number of hydrogen-bond acceptors (Lipinski definition) is 3. The van der Waals surface area contributed by atoms with Crippen molar-refractivity contribution in [3.05, 3.63) is 29.6 Å². The highest BCUT2D eigenvalue weighted by molar-refractivity contribution is 5.73. The van der Waals surface area contributed by atoms with Crippen molar-refractivity contribution in [2.24, 2.45) is 22.7 Å². The summed E-state index contributed by atoms with van der Waals surface area (Å²) >= 11 is 0. The molecular formula is C21H28FNO3. The Bertz CT molecular complexity index is 734. The van der Waals surface area contributed by atoms with Gasteiger partial charge in [0, 0.05) is 31.2 Å². The third-order valence-corrected chi connectivity index (χ3v) is 7.37. The zero-order valence-electron chi connectivity index (χ0n) is 16.0. The van der Waals surface area contributed by atoms with Crippen molar-refractivity contribution >= 4 is 5.91 Å². The molecule has 1 aromatic carbocycles. The maximum Gasteiger partial charge on any atom is 0.217 e. The van der Waals surface area contributed by atoms with Crippen LogP contribution in [-0.4, -0.2) is 25.7 Å². The SMILES string of the molecule is COc1ccc([C@H]2OCCC34C[C@@H](C[C@H]23)C(C)(C)[C@@H]4NC(C)=O)c(F)c1. The van der Waals surface area contributed by atoms with Crippen molar-refractivity contribution in [2.45, 2.75) is 52.2 Å². The van der Waals surface area contributed by atoms with Gasteiger partial charge in [0.05, 0.1) is 13.2 Å². The van der Waals surface area contributed by atoms with Gasteiger partial charge in [-0.15, -0.1) is 0 Å². The number of carbonyl (C=O) groups excluding carboxylic acids is 1. The fraction of sp³-hybridized carbons (Fsp3) is 0.667. The normalized spacial score (nSPS) is 37.3. The molecule has 4 nitrogen and oxygen atoms in total. The Morgan fingerprint density at radius 3 is 2.81 bits per heavy atom. The Morgan fingerprint density at radius 1 is 1.38 bits per heavy atom. The van der Waals surface area contributed by atoms with E-state index >= 15 is 0 Å². The number of hydrogen-bond donors (Lipinski definition) is 1. The zero-order chi connectivity index (χ0) is 18.7. The standard InChI is InChI=1S/C21H28FNO3/c1-12(24)23-19-20(2,3)13-9-16-18(26-8-7-21(16,19)11-13)15-6-5-14(25-4)10-17(15)22/h5-6,10,13,16,18-19H,7-9,11H2,1-4H3,(H,23,24)/t13-,16-,18-,19+,21?/m1/s1. The van der Waals surface area contributed by atoms with E-state index in [0.29, 0.717) is 23.8 Å². The van der Waals surface area contributed by atoms with Crippen molar-refractivity contribution in [1.82, 2.24) is 5.32 Å². The average molecular weight is 361 g/mol. The Morgan fingerprint density at radius 2 is 2.15 bits per heavy atom. The van der Waals surface area contributed by atoms with Crippen LogP contribution in [0, 0.1) is 28.5 Å². The largest absolute Gasteiger partial charge is 0.497 e. The van der Waals surface area contributed by atoms with E-state index in [1.807, 2.05) is 0 Å². The summed E-state index contributed by atoms with van der Waals surface area (Å²) < 4.78 is 26.0. The van der Waals surface area contributed by atoms with Crippen molar-refractivity contribution in [1.29, 1.82) is 0 Å². The average Bonchev–Trinajstić information content (AvgIpc) is 3.07. The minimum Gasteiger partial charge on any atom is -0.497 e. The van der Waals surface area contributed by atoms with E-state index in [0.717, 1.165) is 19.3 Å². The number of amides is 1. The third-order valence-electron chi connectivity index (χ3n) is 7.37. The number of carbonyl (C=O) groups is 1. The van der Waals surface area contributed by atoms with E-state index in [1.54, 1.807) is 19.1 Å². The van der Waals surface area contributed by atoms with Gasteiger partial charge in [0.1, 0.15) is 11.6 Å². The lowest BCUT2D eigenvalue weighted by Crippen LogP contribution is -2.58. The van der Waals surface area contributed by atoms with E-state index in [1.165, 1.54) is 13.2 Å². The molecule has 1 heterocycles. The molecule has 5 atom stereocenters. The van der Waals surface area contributed by atoms with Crippen LogP contribution in [0.4, 0.5) is 4.39 Å². The topological polar surface area (TPSA) is 47.6 Å². The molecule has 1 spiro atoms. The Hall–Kier alpha value is -1.62. The lowest BCUT2D eigenvalue weighted by Gasteiger charge is -2.53. The summed E-state index contributed by atoms with van der Waals surface area (Å²) in [4.78, 5) is 11.9. The van der Waals surface area contributed by atoms with Crippen LogP contribution in [0.25, 0.3) is 0 Å². The summed E-state index contributed by atoms with van der Waals surface area (Å²) in [6.07, 6.45) is 2.79. The molecule has 2 bridgehead atoms. The summed E-state index contributed by atoms with van der Waals surface area (Å²) in [5.41, 5.74) is 0.666. The minimum absolute atomic E-state index is 0.00484. The first-order chi connectivity index (χ1) is 12.3. The van der Waals surface area contributed by atoms with Gasteiger partial charge < -0.3 is 14.8 Å². The van der Waals surface area contributed by atoms with E-state index in [-0.39, 0.29) is 40.6 Å². The van der Waals surface area contributed by atoms with Crippen LogP contribution in [0.3, 0.4) is 0 Å². The number of ether oxygens (including phenoxy) is 2. The predicted octanol–water partition coefficient (Wildman–Crippen LogP) is 3.85. The first kappa shape index (κ1) is 17.8. The summed E-state index contributed by atoms with van der Waals surface area (Å²) in [6, 6.07) is 5.14. The van der Waals surface area contributed by atoms with Gasteiger partial charge in [-0.05, 0) is 54.1 Å². The van der Waals surface area contributed by atoms with Gasteiger partial charge in [-0.25, -0.2) is 4.39 Å². The van der Waals surface area contributed by atoms with Crippen LogP contribution in [0.15, 0.2) is 18.2 Å². The minimum atomic E-state index is -0.274. The quantitative estimate of drug-likeness (QED) is 0.889. The predicted molar refractivity (Wildman–Crippen MR) is 96.3 cm³/mol. The van der Waals surface area contributed by atoms with E-state index < -0.39 is 0 Å². The molecule has 1 unspecified atom stereocenters. The summed E-state index contributed by atoms with van der Waals surface area (Å²) in [7, 11) is 1.54. The fourth-order valence-electron chi connectivity index (χ4n) is 6.16. The number of rotatable bonds is 3. The number of methoxy groups -OCH3 is 1. The second-order valence-corrected chi connectivity index (χ2v) is 8.86. The van der Waals surface area contributed by atoms with Gasteiger partial charge in [0.15, 0.2) is 0 Å². The molecule has 0 aromatic heterocycles. The molecular weight excluding hydrogens is 333 g/mol. The van der Waals surface area contributed by atoms with Crippen molar-refractivity contribution in [2.75, 3.05) is 13.7 Å². The monoisotopic (exact) mass is 361 g/mol. The number of benzene rings is 1. The van der Waals surface area contributed by atoms with Crippen LogP contribution in [0.1, 0.15) is 51.7 Å². The molecule has 1 amide bonds. The molecule has 4 rings (SSSR count). The molecule has 2 aliphatic carbocycles. The molecule has 26 heavy (non-hydrogen) atoms. The lowest BCUT2D eigenvalue weighted by molar-refractivity contribution is -0.136. The first-order valence-corrected chi connectivity index (χ1v) is 9.52.